The Morgan fingerprint density at radius 3 is 1.82 bits per heavy atom. The first-order valence-corrected chi connectivity index (χ1v) is 8.92. The van der Waals surface area contributed by atoms with Gasteiger partial charge in [0.15, 0.2) is 8.32 Å². The van der Waals surface area contributed by atoms with E-state index in [1.807, 2.05) is 19.6 Å². The molecular formula is C6H15O3PSi. The van der Waals surface area contributed by atoms with E-state index in [1.165, 1.54) is 13.6 Å². The lowest BCUT2D eigenvalue weighted by atomic mass is 10.9. The third kappa shape index (κ3) is 4.51. The van der Waals surface area contributed by atoms with Gasteiger partial charge in [0, 0.05) is 13.6 Å². The maximum absolute atomic E-state index is 11.4. The highest BCUT2D eigenvalue weighted by Crippen LogP contribution is 2.45. The molecule has 0 aliphatic heterocycles. The maximum Gasteiger partial charge on any atom is 0.254 e. The lowest BCUT2D eigenvalue weighted by Gasteiger charge is -2.21. The number of carbonyl (C=O) groups excluding carboxylic acids is 1. The van der Waals surface area contributed by atoms with Crippen molar-refractivity contribution in [2.24, 2.45) is 0 Å². The molecule has 0 aromatic heterocycles. The van der Waals surface area contributed by atoms with Crippen LogP contribution in [-0.2, 0) is 13.6 Å². The molecule has 0 aliphatic carbocycles. The van der Waals surface area contributed by atoms with Gasteiger partial charge in [0.05, 0.1) is 0 Å². The van der Waals surface area contributed by atoms with E-state index in [2.05, 4.69) is 0 Å². The van der Waals surface area contributed by atoms with Crippen molar-refractivity contribution in [1.29, 1.82) is 0 Å². The summed E-state index contributed by atoms with van der Waals surface area (Å²) in [7, 11) is -4.80. The molecule has 0 N–H and O–H groups in total. The molecule has 0 fully saturated rings. The molecule has 0 rings (SSSR count). The third-order valence-corrected chi connectivity index (χ3v) is 5.75. The average Bonchev–Trinajstić information content (AvgIpc) is 1.56. The van der Waals surface area contributed by atoms with E-state index < -0.39 is 15.7 Å². The van der Waals surface area contributed by atoms with Gasteiger partial charge in [-0.25, -0.2) is 0 Å². The summed E-state index contributed by atoms with van der Waals surface area (Å²) in [6.07, 6.45) is 0. The van der Waals surface area contributed by atoms with Gasteiger partial charge in [0.25, 0.3) is 7.37 Å². The zero-order valence-corrected chi connectivity index (χ0v) is 9.57. The molecule has 0 saturated heterocycles. The second kappa shape index (κ2) is 3.21. The van der Waals surface area contributed by atoms with Gasteiger partial charge in [-0.3, -0.25) is 9.36 Å². The molecule has 0 aromatic rings. The molecule has 0 heterocycles. The Morgan fingerprint density at radius 2 is 1.73 bits per heavy atom. The van der Waals surface area contributed by atoms with Gasteiger partial charge >= 0.3 is 0 Å². The first-order chi connectivity index (χ1) is 4.65. The number of carbonyl (C=O) groups is 1. The predicted octanol–water partition coefficient (Wildman–Crippen LogP) is 2.29. The monoisotopic (exact) mass is 194 g/mol. The van der Waals surface area contributed by atoms with Crippen LogP contribution in [-0.4, -0.2) is 20.5 Å². The third-order valence-electron chi connectivity index (χ3n) is 1.02. The Labute approximate surface area is 68.7 Å². The van der Waals surface area contributed by atoms with Gasteiger partial charge in [-0.1, -0.05) is 0 Å². The van der Waals surface area contributed by atoms with Crippen molar-refractivity contribution in [3.05, 3.63) is 0 Å². The van der Waals surface area contributed by atoms with Gasteiger partial charge in [-0.05, 0) is 19.6 Å². The Bertz CT molecular complexity index is 206. The van der Waals surface area contributed by atoms with Crippen molar-refractivity contribution >= 4 is 21.2 Å². The smallest absolute Gasteiger partial charge is 0.254 e. The number of hydrogen-bond acceptors (Lipinski definition) is 3. The summed E-state index contributed by atoms with van der Waals surface area (Å²) in [4.78, 5) is 10.8. The Kier molecular flexibility index (Phi) is 3.23. The fourth-order valence-corrected chi connectivity index (χ4v) is 5.28. The van der Waals surface area contributed by atoms with Gasteiger partial charge < -0.3 is 4.21 Å². The van der Waals surface area contributed by atoms with Crippen LogP contribution in [0.5, 0.6) is 0 Å². The Balaban J connectivity index is 4.39. The molecule has 0 aliphatic rings. The lowest BCUT2D eigenvalue weighted by Crippen LogP contribution is -2.24. The Morgan fingerprint density at radius 1 is 1.36 bits per heavy atom. The average molecular weight is 194 g/mol. The predicted molar refractivity (Wildman–Crippen MR) is 48.6 cm³/mol. The zero-order chi connectivity index (χ0) is 9.28. The number of rotatable bonds is 3. The van der Waals surface area contributed by atoms with Crippen molar-refractivity contribution in [1.82, 2.24) is 0 Å². The molecule has 0 saturated carbocycles. The normalized spacial score (nSPS) is 17.5. The van der Waals surface area contributed by atoms with E-state index >= 15 is 0 Å². The number of hydrogen-bond donors (Lipinski definition) is 0. The van der Waals surface area contributed by atoms with Crippen molar-refractivity contribution in [2.45, 2.75) is 26.6 Å². The van der Waals surface area contributed by atoms with Crippen LogP contribution < -0.4 is 0 Å². The summed E-state index contributed by atoms with van der Waals surface area (Å²) >= 11 is 0. The summed E-state index contributed by atoms with van der Waals surface area (Å²) in [5.41, 5.74) is -0.347. The lowest BCUT2D eigenvalue weighted by molar-refractivity contribution is -0.110. The Hall–Kier alpha value is 0.0769. The van der Waals surface area contributed by atoms with Crippen LogP contribution in [0, 0.1) is 0 Å². The fraction of sp³-hybridized carbons (Fsp3) is 0.833. The highest BCUT2D eigenvalue weighted by Gasteiger charge is 2.29. The SMILES string of the molecule is CC(=O)P(C)(=O)O[Si](C)(C)C. The van der Waals surface area contributed by atoms with Crippen LogP contribution in [0.2, 0.25) is 19.6 Å². The first-order valence-electron chi connectivity index (χ1n) is 3.44. The van der Waals surface area contributed by atoms with Gasteiger partial charge in [-0.15, -0.1) is 0 Å². The summed E-state index contributed by atoms with van der Waals surface area (Å²) in [6.45, 7) is 8.42. The minimum atomic E-state index is -2.96. The summed E-state index contributed by atoms with van der Waals surface area (Å²) in [5.74, 6) is 0. The largest absolute Gasteiger partial charge is 0.365 e. The highest BCUT2D eigenvalue weighted by molar-refractivity contribution is 7.76. The van der Waals surface area contributed by atoms with Crippen LogP contribution in [0.15, 0.2) is 0 Å². The van der Waals surface area contributed by atoms with E-state index in [0.717, 1.165) is 0 Å². The molecule has 1 atom stereocenters. The van der Waals surface area contributed by atoms with Crippen molar-refractivity contribution in [3.8, 4) is 0 Å². The summed E-state index contributed by atoms with van der Waals surface area (Å²) in [6, 6.07) is 0. The molecule has 3 nitrogen and oxygen atoms in total. The minimum Gasteiger partial charge on any atom is -0.365 e. The fourth-order valence-electron chi connectivity index (χ4n) is 0.587. The molecule has 66 valence electrons. The topological polar surface area (TPSA) is 43.4 Å². The van der Waals surface area contributed by atoms with Crippen LogP contribution in [0.4, 0.5) is 0 Å². The maximum atomic E-state index is 11.4. The minimum absolute atomic E-state index is 0.347. The van der Waals surface area contributed by atoms with Gasteiger partial charge in [0.1, 0.15) is 0 Å². The van der Waals surface area contributed by atoms with E-state index in [4.69, 9.17) is 4.21 Å². The molecule has 0 bridgehead atoms. The highest BCUT2D eigenvalue weighted by atomic mass is 31.2. The molecule has 0 amide bonds. The van der Waals surface area contributed by atoms with E-state index in [1.54, 1.807) is 0 Å². The molecule has 1 unspecified atom stereocenters. The van der Waals surface area contributed by atoms with Gasteiger partial charge in [-0.2, -0.15) is 0 Å². The second-order valence-electron chi connectivity index (χ2n) is 3.57. The van der Waals surface area contributed by atoms with Crippen LogP contribution in [0.25, 0.3) is 0 Å². The molecule has 11 heavy (non-hydrogen) atoms. The summed E-state index contributed by atoms with van der Waals surface area (Å²) < 4.78 is 16.6. The van der Waals surface area contributed by atoms with Crippen LogP contribution >= 0.6 is 7.37 Å². The zero-order valence-electron chi connectivity index (χ0n) is 7.67. The molecular weight excluding hydrogens is 179 g/mol. The van der Waals surface area contributed by atoms with Gasteiger partial charge in [0.2, 0.25) is 5.52 Å². The van der Waals surface area contributed by atoms with Crippen LogP contribution in [0.3, 0.4) is 0 Å². The molecule has 5 heteroatoms. The molecule has 0 spiro atoms. The summed E-state index contributed by atoms with van der Waals surface area (Å²) in [5, 5.41) is 0. The molecule has 0 radical (unpaired) electrons. The van der Waals surface area contributed by atoms with E-state index in [0.29, 0.717) is 0 Å². The second-order valence-corrected chi connectivity index (χ2v) is 10.8. The standard InChI is InChI=1S/C6H15O3PSi/c1-6(7)10(2,8)9-11(3,4)5/h1-5H3. The van der Waals surface area contributed by atoms with Crippen molar-refractivity contribution < 1.29 is 13.6 Å². The first kappa shape index (κ1) is 11.1. The van der Waals surface area contributed by atoms with E-state index in [9.17, 15) is 9.36 Å². The van der Waals surface area contributed by atoms with Crippen LogP contribution in [0.1, 0.15) is 6.92 Å². The molecule has 0 aromatic carbocycles. The van der Waals surface area contributed by atoms with Crippen molar-refractivity contribution in [2.75, 3.05) is 6.66 Å². The van der Waals surface area contributed by atoms with Crippen molar-refractivity contribution in [3.63, 3.8) is 0 Å². The van der Waals surface area contributed by atoms with E-state index in [-0.39, 0.29) is 5.52 Å². The quantitative estimate of drug-likeness (QED) is 0.511.